The van der Waals surface area contributed by atoms with Crippen molar-refractivity contribution in [2.45, 2.75) is 136 Å². The van der Waals surface area contributed by atoms with Gasteiger partial charge < -0.3 is 23.8 Å². The van der Waals surface area contributed by atoms with Gasteiger partial charge in [0.25, 0.3) is 14.2 Å². The number of carbonyl (C=O) groups excluding carboxylic acids is 3. The molecule has 13 nitrogen and oxygen atoms in total. The third-order valence-electron chi connectivity index (χ3n) is 12.9. The van der Waals surface area contributed by atoms with Crippen molar-refractivity contribution < 1.29 is 41.5 Å². The fourth-order valence-electron chi connectivity index (χ4n) is 9.79. The molecular weight excluding hydrogens is 972 g/mol. The number of esters is 1. The molecule has 1 fully saturated rings. The van der Waals surface area contributed by atoms with E-state index >= 15 is 0 Å². The van der Waals surface area contributed by atoms with Crippen LogP contribution in [0.1, 0.15) is 105 Å². The summed E-state index contributed by atoms with van der Waals surface area (Å²) in [6, 6.07) is 27.7. The van der Waals surface area contributed by atoms with Crippen LogP contribution >= 0.6 is 11.5 Å². The first-order valence-corrected chi connectivity index (χ1v) is 27.4. The van der Waals surface area contributed by atoms with Gasteiger partial charge >= 0.3 is 18.2 Å². The van der Waals surface area contributed by atoms with Gasteiger partial charge in [-0.15, -0.1) is 0 Å². The Labute approximate surface area is 431 Å². The van der Waals surface area contributed by atoms with Crippen LogP contribution in [0.2, 0.25) is 5.04 Å². The summed E-state index contributed by atoms with van der Waals surface area (Å²) < 4.78 is 68.8. The van der Waals surface area contributed by atoms with E-state index in [1.165, 1.54) is 16.7 Å². The largest absolute Gasteiger partial charge is 0.468 e. The zero-order valence-electron chi connectivity index (χ0n) is 43.6. The van der Waals surface area contributed by atoms with Crippen molar-refractivity contribution in [3.8, 4) is 21.8 Å². The highest BCUT2D eigenvalue weighted by molar-refractivity contribution is 7.09. The van der Waals surface area contributed by atoms with Crippen molar-refractivity contribution in [1.29, 1.82) is 0 Å². The van der Waals surface area contributed by atoms with E-state index in [2.05, 4.69) is 74.0 Å². The number of hydrogen-bond donors (Lipinski definition) is 2. The monoisotopic (exact) mass is 1040 g/mol. The molecule has 0 radical (unpaired) electrons. The van der Waals surface area contributed by atoms with Crippen LogP contribution in [0.25, 0.3) is 32.7 Å². The van der Waals surface area contributed by atoms with Gasteiger partial charge in [-0.3, -0.25) is 19.6 Å². The van der Waals surface area contributed by atoms with Gasteiger partial charge in [0.2, 0.25) is 0 Å². The Morgan fingerprint density at radius 1 is 0.904 bits per heavy atom. The van der Waals surface area contributed by atoms with E-state index in [4.69, 9.17) is 23.9 Å². The molecule has 1 aliphatic rings. The summed E-state index contributed by atoms with van der Waals surface area (Å²) >= 11 is 1.07. The number of hydrazine groups is 1. The molecule has 2 N–H and O–H groups in total. The average molecular weight is 1040 g/mol. The summed E-state index contributed by atoms with van der Waals surface area (Å²) in [5.74, 6) is -0.916. The minimum atomic E-state index is -4.57. The minimum absolute atomic E-state index is 0.108. The number of benzene rings is 3. The first-order chi connectivity index (χ1) is 34.3. The van der Waals surface area contributed by atoms with Crippen LogP contribution in [0, 0.1) is 5.41 Å². The Morgan fingerprint density at radius 2 is 1.56 bits per heavy atom. The van der Waals surface area contributed by atoms with E-state index in [0.29, 0.717) is 69.9 Å². The minimum Gasteiger partial charge on any atom is -0.468 e. The molecule has 3 aromatic heterocycles. The molecule has 4 heterocycles. The quantitative estimate of drug-likeness (QED) is 0.0709. The molecule has 2 amide bonds. The number of nitrogens with one attached hydrogen (secondary N) is 2. The number of alkyl halides is 3. The Balaban J connectivity index is 1.32. The lowest BCUT2D eigenvalue weighted by molar-refractivity contribution is -0.150. The van der Waals surface area contributed by atoms with Crippen molar-refractivity contribution in [2.75, 3.05) is 20.3 Å². The maximum atomic E-state index is 15.0. The Morgan fingerprint density at radius 3 is 2.15 bits per heavy atom. The van der Waals surface area contributed by atoms with E-state index in [-0.39, 0.29) is 29.7 Å². The second-order valence-electron chi connectivity index (χ2n) is 21.9. The van der Waals surface area contributed by atoms with Crippen LogP contribution in [0.15, 0.2) is 97.2 Å². The van der Waals surface area contributed by atoms with Crippen LogP contribution in [0.5, 0.6) is 0 Å². The SMILES string of the molecule is COC(=O)[C@@H]1CCCN(C(=O)[C@H](Cc2nsc(-c3ccc4c(c3)c(CC(C)(C)CO[Si](c3ccccc3)(c3ccccc3)C(C)(C)C)c(-c3cccnc3C(C)C)n4CC(F)(F)F)n2)NC(=O)OC(C)(C)C)N1. The molecule has 3 aromatic carbocycles. The lowest BCUT2D eigenvalue weighted by atomic mass is 9.84. The fourth-order valence-corrected chi connectivity index (χ4v) is 15.2. The highest BCUT2D eigenvalue weighted by atomic mass is 32.1. The van der Waals surface area contributed by atoms with E-state index in [9.17, 15) is 27.6 Å². The van der Waals surface area contributed by atoms with Crippen molar-refractivity contribution in [3.63, 3.8) is 0 Å². The summed E-state index contributed by atoms with van der Waals surface area (Å²) in [7, 11) is -1.75. The van der Waals surface area contributed by atoms with Gasteiger partial charge in [0, 0.05) is 47.8 Å². The van der Waals surface area contributed by atoms with Crippen LogP contribution in [0.4, 0.5) is 18.0 Å². The van der Waals surface area contributed by atoms with Gasteiger partial charge in [-0.25, -0.2) is 15.2 Å². The molecule has 1 aliphatic heterocycles. The number of methoxy groups -OCH3 is 1. The van der Waals surface area contributed by atoms with Gasteiger partial charge in [-0.1, -0.05) is 109 Å². The zero-order chi connectivity index (χ0) is 53.1. The number of amides is 2. The number of pyridine rings is 1. The topological polar surface area (TPSA) is 150 Å². The summed E-state index contributed by atoms with van der Waals surface area (Å²) in [6.45, 7) is 19.3. The van der Waals surface area contributed by atoms with Crippen LogP contribution in [-0.4, -0.2) is 94.3 Å². The molecule has 7 rings (SSSR count). The number of hydrogen-bond acceptors (Lipinski definition) is 11. The zero-order valence-corrected chi connectivity index (χ0v) is 45.5. The van der Waals surface area contributed by atoms with E-state index in [0.717, 1.165) is 21.9 Å². The standard InChI is InChI=1S/C55H68F3N7O6SSi/c1-35(2)46-39(24-18-28-59-46)47-41(32-54(9,10)34-70-73(53(6,7)8,37-20-14-12-15-21-37)38-22-16-13-17-23-38)40-30-36(26-27-44(40)64(47)33-55(56,57)58)48-61-45(63-72-48)31-43(60-51(68)71-52(3,4)5)49(66)65-29-19-25-42(62-65)50(67)69-11/h12-18,20-24,26-28,30,35,42-43,62H,19,25,29,31-34H2,1-11H3,(H,60,68)/t42-,43-/m0/s1. The van der Waals surface area contributed by atoms with Gasteiger partial charge in [-0.05, 0) is 114 Å². The van der Waals surface area contributed by atoms with Gasteiger partial charge in [-0.2, -0.15) is 17.5 Å². The molecule has 2 atom stereocenters. The normalized spacial score (nSPS) is 15.4. The van der Waals surface area contributed by atoms with Crippen molar-refractivity contribution in [1.82, 2.24) is 34.7 Å². The average Bonchev–Trinajstić information content (AvgIpc) is 3.91. The molecule has 390 valence electrons. The number of rotatable bonds is 16. The smallest absolute Gasteiger partial charge is 0.408 e. The van der Waals surface area contributed by atoms with Gasteiger partial charge in [0.05, 0.1) is 18.5 Å². The fraction of sp³-hybridized carbons (Fsp3) is 0.455. The first kappa shape index (κ1) is 54.8. The maximum absolute atomic E-state index is 15.0. The second kappa shape index (κ2) is 21.9. The molecule has 0 aliphatic carbocycles. The predicted octanol–water partition coefficient (Wildman–Crippen LogP) is 10.2. The summed E-state index contributed by atoms with van der Waals surface area (Å²) in [6.07, 6.45) is -2.55. The lowest BCUT2D eigenvalue weighted by Gasteiger charge is -2.44. The molecule has 6 aromatic rings. The summed E-state index contributed by atoms with van der Waals surface area (Å²) in [4.78, 5) is 49.3. The number of halogens is 3. The number of carbonyl (C=O) groups is 3. The van der Waals surface area contributed by atoms with Gasteiger partial charge in [0.15, 0.2) is 0 Å². The maximum Gasteiger partial charge on any atom is 0.408 e. The molecule has 73 heavy (non-hydrogen) atoms. The predicted molar refractivity (Wildman–Crippen MR) is 282 cm³/mol. The molecule has 0 saturated carbocycles. The Bertz CT molecular complexity index is 2860. The highest BCUT2D eigenvalue weighted by Gasteiger charge is 2.51. The van der Waals surface area contributed by atoms with Crippen molar-refractivity contribution >= 4 is 59.1 Å². The van der Waals surface area contributed by atoms with E-state index < -0.39 is 62.1 Å². The van der Waals surface area contributed by atoms with Crippen molar-refractivity contribution in [2.24, 2.45) is 5.41 Å². The number of alkyl carbamates (subject to hydrolysis) is 1. The molecule has 0 unspecified atom stereocenters. The van der Waals surface area contributed by atoms with E-state index in [1.54, 1.807) is 45.2 Å². The van der Waals surface area contributed by atoms with Crippen LogP contribution in [0.3, 0.4) is 0 Å². The molecule has 0 spiro atoms. The lowest BCUT2D eigenvalue weighted by Crippen LogP contribution is -2.67. The second-order valence-corrected chi connectivity index (χ2v) is 27.0. The number of ether oxygens (including phenoxy) is 2. The first-order valence-electron chi connectivity index (χ1n) is 24.7. The third kappa shape index (κ3) is 12.7. The molecule has 1 saturated heterocycles. The summed E-state index contributed by atoms with van der Waals surface area (Å²) in [5, 5.41) is 6.99. The molecule has 18 heteroatoms. The van der Waals surface area contributed by atoms with Crippen molar-refractivity contribution in [3.05, 3.63) is 114 Å². The highest BCUT2D eigenvalue weighted by Crippen LogP contribution is 2.44. The Hall–Kier alpha value is -5.95. The number of fused-ring (bicyclic) bond motifs is 1. The summed E-state index contributed by atoms with van der Waals surface area (Å²) in [5.41, 5.74) is 4.88. The molecular formula is C55H68F3N7O6SSi. The van der Waals surface area contributed by atoms with Gasteiger partial charge in [0.1, 0.15) is 35.1 Å². The van der Waals surface area contributed by atoms with Crippen LogP contribution < -0.4 is 21.1 Å². The Kier molecular flexibility index (Phi) is 16.4. The third-order valence-corrected chi connectivity index (χ3v) is 18.7. The number of nitrogens with zero attached hydrogens (tertiary/aromatic N) is 5. The van der Waals surface area contributed by atoms with E-state index in [1.807, 2.05) is 62.4 Å². The molecule has 0 bridgehead atoms. The van der Waals surface area contributed by atoms with Crippen LogP contribution in [-0.2, 0) is 42.9 Å². The number of aromatic nitrogens is 4.